The zero-order chi connectivity index (χ0) is 15.7. The van der Waals surface area contributed by atoms with Gasteiger partial charge < -0.3 is 5.73 Å². The zero-order valence-electron chi connectivity index (χ0n) is 12.8. The Morgan fingerprint density at radius 1 is 1.18 bits per heavy atom. The summed E-state index contributed by atoms with van der Waals surface area (Å²) in [7, 11) is 0. The van der Waals surface area contributed by atoms with Gasteiger partial charge in [0.15, 0.2) is 0 Å². The number of benzene rings is 2. The summed E-state index contributed by atoms with van der Waals surface area (Å²) in [5, 5.41) is 9.14. The summed E-state index contributed by atoms with van der Waals surface area (Å²) in [4.78, 5) is 1.67. The lowest BCUT2D eigenvalue weighted by molar-refractivity contribution is 0.761. The molecule has 0 aliphatic rings. The fourth-order valence-electron chi connectivity index (χ4n) is 2.48. The number of aryl methyl sites for hydroxylation is 2. The molecular formula is C17H19BrN4. The van der Waals surface area contributed by atoms with Gasteiger partial charge in [0.25, 0.3) is 0 Å². The number of nitrogens with zero attached hydrogens (tertiary/aromatic N) is 3. The number of nitrogen functional groups attached to an aromatic ring is 1. The first-order chi connectivity index (χ1) is 10.6. The van der Waals surface area contributed by atoms with Gasteiger partial charge in [-0.1, -0.05) is 25.5 Å². The highest BCUT2D eigenvalue weighted by Gasteiger charge is 2.12. The minimum Gasteiger partial charge on any atom is -0.398 e. The Hall–Kier alpha value is -1.88. The summed E-state index contributed by atoms with van der Waals surface area (Å²) in [5.74, 6) is 0. The quantitative estimate of drug-likeness (QED) is 0.702. The van der Waals surface area contributed by atoms with Crippen molar-refractivity contribution >= 4 is 32.7 Å². The molecule has 0 spiro atoms. The predicted octanol–water partition coefficient (Wildman–Crippen LogP) is 4.42. The van der Waals surface area contributed by atoms with Crippen LogP contribution in [0.25, 0.3) is 16.7 Å². The van der Waals surface area contributed by atoms with Crippen molar-refractivity contribution < 1.29 is 0 Å². The maximum absolute atomic E-state index is 6.04. The second-order valence-electron chi connectivity index (χ2n) is 5.52. The average Bonchev–Trinajstić information content (AvgIpc) is 2.95. The van der Waals surface area contributed by atoms with E-state index in [9.17, 15) is 0 Å². The molecule has 0 atom stereocenters. The first kappa shape index (κ1) is 15.0. The van der Waals surface area contributed by atoms with Gasteiger partial charge >= 0.3 is 0 Å². The number of hydrogen-bond acceptors (Lipinski definition) is 3. The zero-order valence-corrected chi connectivity index (χ0v) is 14.4. The van der Waals surface area contributed by atoms with Crippen LogP contribution in [0.15, 0.2) is 34.8 Å². The first-order valence-corrected chi connectivity index (χ1v) is 8.30. The van der Waals surface area contributed by atoms with Crippen molar-refractivity contribution in [1.82, 2.24) is 15.0 Å². The summed E-state index contributed by atoms with van der Waals surface area (Å²) in [6.45, 7) is 4.18. The van der Waals surface area contributed by atoms with Crippen LogP contribution >= 0.6 is 15.9 Å². The fraction of sp³-hybridized carbons (Fsp3) is 0.294. The monoisotopic (exact) mass is 358 g/mol. The molecule has 4 nitrogen and oxygen atoms in total. The SMILES string of the molecule is CCCCc1ccc(-n2nc3cc(Br)c(N)c(C)c3n2)cc1. The molecule has 2 N–H and O–H groups in total. The molecule has 0 saturated carbocycles. The molecule has 0 radical (unpaired) electrons. The molecule has 1 aromatic heterocycles. The van der Waals surface area contributed by atoms with Gasteiger partial charge in [-0.3, -0.25) is 0 Å². The molecule has 0 unspecified atom stereocenters. The molecule has 0 saturated heterocycles. The van der Waals surface area contributed by atoms with Crippen molar-refractivity contribution in [3.63, 3.8) is 0 Å². The summed E-state index contributed by atoms with van der Waals surface area (Å²) < 4.78 is 0.861. The topological polar surface area (TPSA) is 56.7 Å². The Bertz CT molecular complexity index is 806. The van der Waals surface area contributed by atoms with Gasteiger partial charge in [0, 0.05) is 10.0 Å². The van der Waals surface area contributed by atoms with Crippen LogP contribution in [-0.4, -0.2) is 15.0 Å². The van der Waals surface area contributed by atoms with Crippen LogP contribution in [0.2, 0.25) is 0 Å². The number of hydrogen-bond donors (Lipinski definition) is 1. The molecule has 0 fully saturated rings. The molecule has 0 aliphatic carbocycles. The van der Waals surface area contributed by atoms with Crippen LogP contribution in [0, 0.1) is 6.92 Å². The van der Waals surface area contributed by atoms with E-state index in [1.54, 1.807) is 4.80 Å². The second-order valence-corrected chi connectivity index (χ2v) is 6.38. The number of unbranched alkanes of at least 4 members (excludes halogenated alkanes) is 1. The Morgan fingerprint density at radius 2 is 1.91 bits per heavy atom. The minimum absolute atomic E-state index is 0.717. The molecule has 0 amide bonds. The van der Waals surface area contributed by atoms with E-state index in [4.69, 9.17) is 5.73 Å². The van der Waals surface area contributed by atoms with Crippen molar-refractivity contribution in [2.45, 2.75) is 33.1 Å². The van der Waals surface area contributed by atoms with Crippen LogP contribution in [0.3, 0.4) is 0 Å². The third kappa shape index (κ3) is 2.73. The molecule has 114 valence electrons. The van der Waals surface area contributed by atoms with Crippen molar-refractivity contribution in [2.75, 3.05) is 5.73 Å². The molecule has 0 bridgehead atoms. The van der Waals surface area contributed by atoms with Gasteiger partial charge in [0.2, 0.25) is 0 Å². The normalized spacial score (nSPS) is 11.2. The molecule has 22 heavy (non-hydrogen) atoms. The predicted molar refractivity (Wildman–Crippen MR) is 94.3 cm³/mol. The minimum atomic E-state index is 0.717. The smallest absolute Gasteiger partial charge is 0.118 e. The van der Waals surface area contributed by atoms with E-state index in [0.717, 1.165) is 38.9 Å². The van der Waals surface area contributed by atoms with Gasteiger partial charge in [-0.05, 0) is 59.5 Å². The van der Waals surface area contributed by atoms with Gasteiger partial charge in [-0.15, -0.1) is 10.2 Å². The molecule has 3 rings (SSSR count). The number of anilines is 1. The van der Waals surface area contributed by atoms with Crippen LogP contribution in [-0.2, 0) is 6.42 Å². The van der Waals surface area contributed by atoms with Gasteiger partial charge in [0.1, 0.15) is 11.0 Å². The van der Waals surface area contributed by atoms with Crippen molar-refractivity contribution in [1.29, 1.82) is 0 Å². The molecule has 5 heteroatoms. The average molecular weight is 359 g/mol. The molecule has 2 aromatic carbocycles. The van der Waals surface area contributed by atoms with Gasteiger partial charge in [-0.2, -0.15) is 4.80 Å². The highest BCUT2D eigenvalue weighted by atomic mass is 79.9. The van der Waals surface area contributed by atoms with E-state index in [-0.39, 0.29) is 0 Å². The van der Waals surface area contributed by atoms with Crippen molar-refractivity contribution in [3.05, 3.63) is 45.9 Å². The molecule has 0 aliphatic heterocycles. The van der Waals surface area contributed by atoms with E-state index in [0.29, 0.717) is 0 Å². The Kier molecular flexibility index (Phi) is 4.16. The van der Waals surface area contributed by atoms with E-state index >= 15 is 0 Å². The van der Waals surface area contributed by atoms with Crippen molar-refractivity contribution in [2.24, 2.45) is 0 Å². The van der Waals surface area contributed by atoms with E-state index in [1.807, 2.05) is 13.0 Å². The standard InChI is InChI=1S/C17H19BrN4/c1-3-4-5-12-6-8-13(9-7-12)22-20-15-10-14(18)16(19)11(2)17(15)21-22/h6-10H,3-5,19H2,1-2H3. The third-order valence-corrected chi connectivity index (χ3v) is 4.56. The first-order valence-electron chi connectivity index (χ1n) is 7.51. The Labute approximate surface area is 138 Å². The molecular weight excluding hydrogens is 340 g/mol. The summed E-state index contributed by atoms with van der Waals surface area (Å²) in [6, 6.07) is 10.3. The van der Waals surface area contributed by atoms with Crippen LogP contribution < -0.4 is 5.73 Å². The lowest BCUT2D eigenvalue weighted by Crippen LogP contribution is -1.98. The fourth-order valence-corrected chi connectivity index (χ4v) is 2.99. The Morgan fingerprint density at radius 3 is 2.59 bits per heavy atom. The van der Waals surface area contributed by atoms with Crippen LogP contribution in [0.4, 0.5) is 5.69 Å². The second kappa shape index (κ2) is 6.08. The Balaban J connectivity index is 1.98. The van der Waals surface area contributed by atoms with E-state index in [1.165, 1.54) is 18.4 Å². The number of fused-ring (bicyclic) bond motifs is 1. The summed E-state index contributed by atoms with van der Waals surface area (Å²) >= 11 is 3.46. The van der Waals surface area contributed by atoms with Crippen LogP contribution in [0.5, 0.6) is 0 Å². The van der Waals surface area contributed by atoms with Gasteiger partial charge in [-0.25, -0.2) is 0 Å². The number of nitrogens with two attached hydrogens (primary N) is 1. The maximum Gasteiger partial charge on any atom is 0.118 e. The third-order valence-electron chi connectivity index (χ3n) is 3.91. The van der Waals surface area contributed by atoms with E-state index in [2.05, 4.69) is 57.3 Å². The summed E-state index contributed by atoms with van der Waals surface area (Å²) in [5.41, 5.74) is 11.7. The molecule has 3 aromatic rings. The van der Waals surface area contributed by atoms with Crippen molar-refractivity contribution in [3.8, 4) is 5.69 Å². The number of aromatic nitrogens is 3. The van der Waals surface area contributed by atoms with Crippen LogP contribution in [0.1, 0.15) is 30.9 Å². The summed E-state index contributed by atoms with van der Waals surface area (Å²) in [6.07, 6.45) is 3.55. The van der Waals surface area contributed by atoms with Gasteiger partial charge in [0.05, 0.1) is 11.4 Å². The lowest BCUT2D eigenvalue weighted by Gasteiger charge is -2.02. The lowest BCUT2D eigenvalue weighted by atomic mass is 10.1. The maximum atomic E-state index is 6.04. The number of rotatable bonds is 4. The highest BCUT2D eigenvalue weighted by molar-refractivity contribution is 9.10. The highest BCUT2D eigenvalue weighted by Crippen LogP contribution is 2.29. The largest absolute Gasteiger partial charge is 0.398 e. The molecule has 1 heterocycles. The number of halogens is 1. The van der Waals surface area contributed by atoms with E-state index < -0.39 is 0 Å².